The van der Waals surface area contributed by atoms with E-state index in [4.69, 9.17) is 15.9 Å². The first-order valence-electron chi connectivity index (χ1n) is 10.6. The minimum Gasteiger partial charge on any atom is -0.490 e. The number of hydrogen-bond donors (Lipinski definition) is 5. The summed E-state index contributed by atoms with van der Waals surface area (Å²) >= 11 is 0. The highest BCUT2D eigenvalue weighted by Crippen LogP contribution is 2.29. The fourth-order valence-corrected chi connectivity index (χ4v) is 3.41. The quantitative estimate of drug-likeness (QED) is 0.132. The maximum Gasteiger partial charge on any atom is 0.350 e. The van der Waals surface area contributed by atoms with Crippen LogP contribution in [0.15, 0.2) is 78.4 Å². The van der Waals surface area contributed by atoms with Gasteiger partial charge in [0.15, 0.2) is 5.82 Å². The first-order valence-corrected chi connectivity index (χ1v) is 10.6. The number of ether oxygens (including phenoxy) is 1. The summed E-state index contributed by atoms with van der Waals surface area (Å²) in [6, 6.07) is 13.3. The molecule has 0 fully saturated rings. The second kappa shape index (κ2) is 10.4. The van der Waals surface area contributed by atoms with Crippen LogP contribution >= 0.6 is 0 Å². The Morgan fingerprint density at radius 1 is 1.26 bits per heavy atom. The van der Waals surface area contributed by atoms with Crippen LogP contribution in [0.4, 0.5) is 5.69 Å². The van der Waals surface area contributed by atoms with Crippen molar-refractivity contribution in [2.75, 3.05) is 11.9 Å². The lowest BCUT2D eigenvalue weighted by molar-refractivity contribution is 0.280. The monoisotopic (exact) mass is 472 g/mol. The van der Waals surface area contributed by atoms with E-state index in [9.17, 15) is 9.90 Å². The zero-order valence-corrected chi connectivity index (χ0v) is 18.7. The molecule has 0 saturated heterocycles. The third-order valence-corrected chi connectivity index (χ3v) is 5.03. The number of aromatic nitrogens is 5. The highest BCUT2D eigenvalue weighted by molar-refractivity contribution is 5.95. The standard InChI is InChI=1S/C24H24N8O3/c1-2-10-35-19-12-15(14-33)11-17(13-19)20(29-18-6-4-16(5-7-18)21(25)26)22-30-24(34)32(31-22)23-27-8-3-9-28-23/h2-9,11-13,20,29,33H,1,10,14H2,(H3,25,26)(H,30,31,34). The highest BCUT2D eigenvalue weighted by atomic mass is 16.5. The SMILES string of the molecule is C=CCOc1cc(CO)cc(C(Nc2ccc(C(=N)N)cc2)c2nn(-c3ncccn3)c(=O)[nH]2)c1. The lowest BCUT2D eigenvalue weighted by Crippen LogP contribution is -2.18. The van der Waals surface area contributed by atoms with Gasteiger partial charge in [-0.05, 0) is 53.6 Å². The zero-order chi connectivity index (χ0) is 24.8. The van der Waals surface area contributed by atoms with E-state index >= 15 is 0 Å². The molecular formula is C24H24N8O3. The van der Waals surface area contributed by atoms with E-state index in [1.54, 1.807) is 54.6 Å². The van der Waals surface area contributed by atoms with Gasteiger partial charge in [-0.25, -0.2) is 14.8 Å². The molecule has 0 radical (unpaired) electrons. The molecule has 0 amide bonds. The molecule has 0 bridgehead atoms. The molecule has 6 N–H and O–H groups in total. The summed E-state index contributed by atoms with van der Waals surface area (Å²) in [5.41, 5.74) is 7.62. The third-order valence-electron chi connectivity index (χ3n) is 5.03. The van der Waals surface area contributed by atoms with Gasteiger partial charge in [0.25, 0.3) is 5.95 Å². The Morgan fingerprint density at radius 2 is 2.00 bits per heavy atom. The van der Waals surface area contributed by atoms with Gasteiger partial charge in [0.05, 0.1) is 6.61 Å². The fourth-order valence-electron chi connectivity index (χ4n) is 3.41. The van der Waals surface area contributed by atoms with Crippen molar-refractivity contribution >= 4 is 11.5 Å². The van der Waals surface area contributed by atoms with Crippen LogP contribution in [0.3, 0.4) is 0 Å². The molecule has 0 aliphatic rings. The van der Waals surface area contributed by atoms with Gasteiger partial charge in [0.1, 0.15) is 24.2 Å². The van der Waals surface area contributed by atoms with Crippen LogP contribution in [0.5, 0.6) is 5.75 Å². The van der Waals surface area contributed by atoms with Crippen molar-refractivity contribution in [3.8, 4) is 11.7 Å². The van der Waals surface area contributed by atoms with Gasteiger partial charge < -0.3 is 20.9 Å². The highest BCUT2D eigenvalue weighted by Gasteiger charge is 2.22. The average molecular weight is 473 g/mol. The Hall–Kier alpha value is -4.77. The molecule has 0 spiro atoms. The van der Waals surface area contributed by atoms with Crippen LogP contribution in [-0.2, 0) is 6.61 Å². The normalized spacial score (nSPS) is 11.6. The summed E-state index contributed by atoms with van der Waals surface area (Å²) in [4.78, 5) is 23.7. The van der Waals surface area contributed by atoms with Crippen LogP contribution in [0, 0.1) is 5.41 Å². The van der Waals surface area contributed by atoms with Crippen molar-refractivity contribution in [3.05, 3.63) is 107 Å². The summed E-state index contributed by atoms with van der Waals surface area (Å²) in [5.74, 6) is 0.906. The van der Waals surface area contributed by atoms with Crippen molar-refractivity contribution in [1.29, 1.82) is 5.41 Å². The number of rotatable bonds is 10. The molecule has 0 saturated carbocycles. The van der Waals surface area contributed by atoms with Crippen LogP contribution in [0.25, 0.3) is 5.95 Å². The van der Waals surface area contributed by atoms with Crippen molar-refractivity contribution in [3.63, 3.8) is 0 Å². The molecule has 0 aliphatic carbocycles. The molecule has 1 atom stereocenters. The molecule has 178 valence electrons. The molecule has 2 aromatic heterocycles. The average Bonchev–Trinajstić information content (AvgIpc) is 3.27. The fraction of sp³-hybridized carbons (Fsp3) is 0.125. The number of H-pyrrole nitrogens is 1. The molecule has 4 aromatic rings. The van der Waals surface area contributed by atoms with E-state index in [1.807, 2.05) is 0 Å². The molecule has 1 unspecified atom stereocenters. The topological polar surface area (TPSA) is 168 Å². The number of aromatic amines is 1. The Bertz CT molecular complexity index is 1380. The van der Waals surface area contributed by atoms with Gasteiger partial charge in [-0.15, -0.1) is 9.78 Å². The van der Waals surface area contributed by atoms with Gasteiger partial charge in [0.2, 0.25) is 0 Å². The second-order valence-electron chi connectivity index (χ2n) is 7.51. The lowest BCUT2D eigenvalue weighted by Gasteiger charge is -2.20. The van der Waals surface area contributed by atoms with E-state index in [-0.39, 0.29) is 25.0 Å². The van der Waals surface area contributed by atoms with Crippen LogP contribution in [0.1, 0.15) is 28.6 Å². The third kappa shape index (κ3) is 5.42. The minimum atomic E-state index is -0.645. The molecule has 4 rings (SSSR count). The van der Waals surface area contributed by atoms with Gasteiger partial charge in [-0.3, -0.25) is 10.4 Å². The summed E-state index contributed by atoms with van der Waals surface area (Å²) in [6.07, 6.45) is 4.66. The van der Waals surface area contributed by atoms with Gasteiger partial charge in [-0.1, -0.05) is 18.7 Å². The largest absolute Gasteiger partial charge is 0.490 e. The maximum absolute atomic E-state index is 12.7. The molecule has 11 nitrogen and oxygen atoms in total. The van der Waals surface area contributed by atoms with E-state index in [2.05, 4.69) is 31.9 Å². The number of nitrogens with zero attached hydrogens (tertiary/aromatic N) is 4. The number of amidine groups is 1. The predicted molar refractivity (Wildman–Crippen MR) is 131 cm³/mol. The second-order valence-corrected chi connectivity index (χ2v) is 7.51. The maximum atomic E-state index is 12.7. The van der Waals surface area contributed by atoms with Crippen molar-refractivity contribution < 1.29 is 9.84 Å². The number of aliphatic hydroxyl groups excluding tert-OH is 1. The lowest BCUT2D eigenvalue weighted by atomic mass is 10.0. The molecule has 35 heavy (non-hydrogen) atoms. The summed E-state index contributed by atoms with van der Waals surface area (Å²) < 4.78 is 6.78. The number of aliphatic hydroxyl groups is 1. The van der Waals surface area contributed by atoms with Gasteiger partial charge >= 0.3 is 5.69 Å². The summed E-state index contributed by atoms with van der Waals surface area (Å²) in [7, 11) is 0. The zero-order valence-electron chi connectivity index (χ0n) is 18.7. The molecule has 0 aliphatic heterocycles. The van der Waals surface area contributed by atoms with E-state index in [0.29, 0.717) is 34.0 Å². The van der Waals surface area contributed by atoms with E-state index < -0.39 is 11.7 Å². The van der Waals surface area contributed by atoms with Gasteiger partial charge in [-0.2, -0.15) is 0 Å². The summed E-state index contributed by atoms with van der Waals surface area (Å²) in [6.45, 7) is 3.75. The predicted octanol–water partition coefficient (Wildman–Crippen LogP) is 1.89. The van der Waals surface area contributed by atoms with E-state index in [1.165, 1.54) is 12.4 Å². The first-order chi connectivity index (χ1) is 17.0. The molecule has 2 aromatic carbocycles. The molecule has 2 heterocycles. The number of benzene rings is 2. The van der Waals surface area contributed by atoms with Gasteiger partial charge in [0, 0.05) is 23.6 Å². The van der Waals surface area contributed by atoms with Crippen molar-refractivity contribution in [1.82, 2.24) is 24.7 Å². The van der Waals surface area contributed by atoms with Crippen LogP contribution in [-0.4, -0.2) is 42.3 Å². The minimum absolute atomic E-state index is 0.0429. The number of nitrogens with one attached hydrogen (secondary N) is 3. The van der Waals surface area contributed by atoms with E-state index in [0.717, 1.165) is 4.68 Å². The van der Waals surface area contributed by atoms with Crippen molar-refractivity contribution in [2.24, 2.45) is 5.73 Å². The van der Waals surface area contributed by atoms with Crippen LogP contribution in [0.2, 0.25) is 0 Å². The Morgan fingerprint density at radius 3 is 2.66 bits per heavy atom. The van der Waals surface area contributed by atoms with Crippen molar-refractivity contribution in [2.45, 2.75) is 12.6 Å². The molecule has 11 heteroatoms. The number of anilines is 1. The first kappa shape index (κ1) is 23.4. The number of nitrogen functional groups attached to an aromatic ring is 1. The number of hydrogen-bond acceptors (Lipinski definition) is 8. The Kier molecular flexibility index (Phi) is 6.98. The summed E-state index contributed by atoms with van der Waals surface area (Å²) in [5, 5.41) is 25.2. The number of nitrogens with two attached hydrogens (primary N) is 1. The van der Waals surface area contributed by atoms with Crippen LogP contribution < -0.4 is 21.5 Å². The molecular weight excluding hydrogens is 448 g/mol. The Labute approximate surface area is 200 Å². The smallest absolute Gasteiger partial charge is 0.350 e. The Balaban J connectivity index is 1.79.